The number of carbonyl (C=O) groups is 1. The molecule has 0 aliphatic carbocycles. The number of carbonyl (C=O) groups excluding carboxylic acids is 1. The van der Waals surface area contributed by atoms with Gasteiger partial charge in [-0.1, -0.05) is 30.3 Å². The standard InChI is InChI=1S/C19H21NO4/c21-13-15-6-8-16(9-7-15)23-14-19(22)20-11-10-18(12-20)24-17-4-2-1-3-5-17/h1-9,18,21H,10-14H2/t18-/m0/s1. The van der Waals surface area contributed by atoms with Crippen molar-refractivity contribution in [3.05, 3.63) is 60.2 Å². The van der Waals surface area contributed by atoms with Crippen LogP contribution in [-0.2, 0) is 11.4 Å². The van der Waals surface area contributed by atoms with Crippen LogP contribution in [0.3, 0.4) is 0 Å². The Morgan fingerprint density at radius 1 is 1.08 bits per heavy atom. The Hall–Kier alpha value is -2.53. The SMILES string of the molecule is O=C(COc1ccc(CO)cc1)N1CC[C@H](Oc2ccccc2)C1. The lowest BCUT2D eigenvalue weighted by Crippen LogP contribution is -2.34. The Kier molecular flexibility index (Phi) is 5.33. The number of hydrogen-bond acceptors (Lipinski definition) is 4. The van der Waals surface area contributed by atoms with Crippen molar-refractivity contribution in [1.82, 2.24) is 4.90 Å². The third kappa shape index (κ3) is 4.26. The topological polar surface area (TPSA) is 59.0 Å². The second-order valence-corrected chi connectivity index (χ2v) is 5.77. The number of nitrogens with zero attached hydrogens (tertiary/aromatic N) is 1. The minimum absolute atomic E-state index is 0.00418. The van der Waals surface area contributed by atoms with E-state index in [1.807, 2.05) is 30.3 Å². The number of aliphatic hydroxyl groups excluding tert-OH is 1. The van der Waals surface area contributed by atoms with Crippen LogP contribution in [0.4, 0.5) is 0 Å². The number of aliphatic hydroxyl groups is 1. The molecule has 0 bridgehead atoms. The van der Waals surface area contributed by atoms with Gasteiger partial charge in [-0.15, -0.1) is 0 Å². The molecule has 0 saturated carbocycles. The summed E-state index contributed by atoms with van der Waals surface area (Å²) in [6, 6.07) is 16.7. The average Bonchev–Trinajstić information content (AvgIpc) is 3.09. The fraction of sp³-hybridized carbons (Fsp3) is 0.316. The normalized spacial score (nSPS) is 16.9. The first-order chi connectivity index (χ1) is 11.7. The Morgan fingerprint density at radius 2 is 1.83 bits per heavy atom. The number of ether oxygens (including phenoxy) is 2. The molecule has 2 aromatic rings. The molecular formula is C19H21NO4. The summed E-state index contributed by atoms with van der Waals surface area (Å²) in [4.78, 5) is 14.0. The van der Waals surface area contributed by atoms with Crippen molar-refractivity contribution in [2.45, 2.75) is 19.1 Å². The van der Waals surface area contributed by atoms with Gasteiger partial charge in [0.25, 0.3) is 5.91 Å². The van der Waals surface area contributed by atoms with E-state index < -0.39 is 0 Å². The number of hydrogen-bond donors (Lipinski definition) is 1. The fourth-order valence-corrected chi connectivity index (χ4v) is 2.67. The molecule has 2 aromatic carbocycles. The van der Waals surface area contributed by atoms with Crippen LogP contribution in [0.15, 0.2) is 54.6 Å². The van der Waals surface area contributed by atoms with Crippen LogP contribution in [0.2, 0.25) is 0 Å². The van der Waals surface area contributed by atoms with E-state index in [4.69, 9.17) is 14.6 Å². The highest BCUT2D eigenvalue weighted by Crippen LogP contribution is 2.18. The van der Waals surface area contributed by atoms with Gasteiger partial charge in [0.05, 0.1) is 13.2 Å². The molecule has 1 amide bonds. The quantitative estimate of drug-likeness (QED) is 0.884. The summed E-state index contributed by atoms with van der Waals surface area (Å²) in [7, 11) is 0. The van der Waals surface area contributed by atoms with Gasteiger partial charge in [0.2, 0.25) is 0 Å². The summed E-state index contributed by atoms with van der Waals surface area (Å²) in [5.74, 6) is 1.41. The Morgan fingerprint density at radius 3 is 2.54 bits per heavy atom. The lowest BCUT2D eigenvalue weighted by molar-refractivity contribution is -0.132. The molecule has 1 aliphatic rings. The van der Waals surface area contributed by atoms with Gasteiger partial charge >= 0.3 is 0 Å². The molecule has 0 spiro atoms. The van der Waals surface area contributed by atoms with Crippen molar-refractivity contribution >= 4 is 5.91 Å². The third-order valence-corrected chi connectivity index (χ3v) is 4.01. The summed E-state index contributed by atoms with van der Waals surface area (Å²) in [6.45, 7) is 1.27. The predicted molar refractivity (Wildman–Crippen MR) is 89.9 cm³/mol. The van der Waals surface area contributed by atoms with E-state index in [0.29, 0.717) is 18.8 Å². The second-order valence-electron chi connectivity index (χ2n) is 5.77. The van der Waals surface area contributed by atoms with E-state index >= 15 is 0 Å². The molecule has 3 rings (SSSR count). The van der Waals surface area contributed by atoms with Crippen LogP contribution in [0.25, 0.3) is 0 Å². The summed E-state index contributed by atoms with van der Waals surface area (Å²) < 4.78 is 11.4. The zero-order valence-electron chi connectivity index (χ0n) is 13.4. The van der Waals surface area contributed by atoms with Gasteiger partial charge in [-0.25, -0.2) is 0 Å². The molecule has 24 heavy (non-hydrogen) atoms. The van der Waals surface area contributed by atoms with Gasteiger partial charge in [0, 0.05) is 13.0 Å². The highest BCUT2D eigenvalue weighted by molar-refractivity contribution is 5.78. The zero-order chi connectivity index (χ0) is 16.8. The minimum atomic E-state index is -0.0413. The van der Waals surface area contributed by atoms with Crippen molar-refractivity contribution in [2.24, 2.45) is 0 Å². The first kappa shape index (κ1) is 16.3. The highest BCUT2D eigenvalue weighted by Gasteiger charge is 2.27. The van der Waals surface area contributed by atoms with Crippen molar-refractivity contribution in [3.8, 4) is 11.5 Å². The molecule has 1 heterocycles. The molecule has 126 valence electrons. The van der Waals surface area contributed by atoms with Gasteiger partial charge < -0.3 is 19.5 Å². The predicted octanol–water partition coefficient (Wildman–Crippen LogP) is 2.24. The lowest BCUT2D eigenvalue weighted by Gasteiger charge is -2.17. The first-order valence-electron chi connectivity index (χ1n) is 8.06. The van der Waals surface area contributed by atoms with E-state index in [9.17, 15) is 4.79 Å². The molecule has 5 heteroatoms. The fourth-order valence-electron chi connectivity index (χ4n) is 2.67. The molecule has 0 unspecified atom stereocenters. The lowest BCUT2D eigenvalue weighted by atomic mass is 10.2. The zero-order valence-corrected chi connectivity index (χ0v) is 13.4. The molecule has 0 aromatic heterocycles. The molecule has 1 N–H and O–H groups in total. The van der Waals surface area contributed by atoms with Gasteiger partial charge in [-0.3, -0.25) is 4.79 Å². The maximum atomic E-state index is 12.2. The van der Waals surface area contributed by atoms with Crippen LogP contribution in [0.1, 0.15) is 12.0 Å². The first-order valence-corrected chi connectivity index (χ1v) is 8.06. The maximum absolute atomic E-state index is 12.2. The number of para-hydroxylation sites is 1. The van der Waals surface area contributed by atoms with E-state index in [2.05, 4.69) is 0 Å². The van der Waals surface area contributed by atoms with Crippen LogP contribution >= 0.6 is 0 Å². The Bertz CT molecular complexity index is 657. The largest absolute Gasteiger partial charge is 0.489 e. The summed E-state index contributed by atoms with van der Waals surface area (Å²) >= 11 is 0. The van der Waals surface area contributed by atoms with Crippen LogP contribution in [-0.4, -0.2) is 41.7 Å². The number of likely N-dealkylation sites (tertiary alicyclic amines) is 1. The number of benzene rings is 2. The van der Waals surface area contributed by atoms with Crippen molar-refractivity contribution in [3.63, 3.8) is 0 Å². The van der Waals surface area contributed by atoms with Gasteiger partial charge in [-0.05, 0) is 29.8 Å². The van der Waals surface area contributed by atoms with Crippen molar-refractivity contribution in [2.75, 3.05) is 19.7 Å². The highest BCUT2D eigenvalue weighted by atomic mass is 16.5. The molecule has 1 atom stereocenters. The van der Waals surface area contributed by atoms with E-state index in [0.717, 1.165) is 17.7 Å². The van der Waals surface area contributed by atoms with Crippen molar-refractivity contribution in [1.29, 1.82) is 0 Å². The Labute approximate surface area is 141 Å². The molecule has 0 radical (unpaired) electrons. The summed E-state index contributed by atoms with van der Waals surface area (Å²) in [5, 5.41) is 9.01. The van der Waals surface area contributed by atoms with Crippen LogP contribution in [0.5, 0.6) is 11.5 Å². The van der Waals surface area contributed by atoms with E-state index in [1.54, 1.807) is 29.2 Å². The monoisotopic (exact) mass is 327 g/mol. The van der Waals surface area contributed by atoms with Crippen molar-refractivity contribution < 1.29 is 19.4 Å². The third-order valence-electron chi connectivity index (χ3n) is 4.01. The Balaban J connectivity index is 1.45. The van der Waals surface area contributed by atoms with Crippen LogP contribution < -0.4 is 9.47 Å². The number of amides is 1. The number of rotatable bonds is 6. The van der Waals surface area contributed by atoms with Crippen LogP contribution in [0, 0.1) is 0 Å². The van der Waals surface area contributed by atoms with Gasteiger partial charge in [0.15, 0.2) is 6.61 Å². The van der Waals surface area contributed by atoms with Gasteiger partial charge in [-0.2, -0.15) is 0 Å². The van der Waals surface area contributed by atoms with Gasteiger partial charge in [0.1, 0.15) is 17.6 Å². The summed E-state index contributed by atoms with van der Waals surface area (Å²) in [6.07, 6.45) is 0.853. The average molecular weight is 327 g/mol. The molecule has 1 saturated heterocycles. The molecule has 1 fully saturated rings. The van der Waals surface area contributed by atoms with E-state index in [1.165, 1.54) is 0 Å². The second kappa shape index (κ2) is 7.84. The smallest absolute Gasteiger partial charge is 0.260 e. The molecule has 1 aliphatic heterocycles. The molecule has 5 nitrogen and oxygen atoms in total. The maximum Gasteiger partial charge on any atom is 0.260 e. The summed E-state index contributed by atoms with van der Waals surface area (Å²) in [5.41, 5.74) is 0.814. The minimum Gasteiger partial charge on any atom is -0.489 e. The molecular weight excluding hydrogens is 306 g/mol. The van der Waals surface area contributed by atoms with E-state index in [-0.39, 0.29) is 25.2 Å².